The van der Waals surface area contributed by atoms with E-state index in [1.807, 2.05) is 6.92 Å². The average Bonchev–Trinajstić information content (AvgIpc) is 2.82. The van der Waals surface area contributed by atoms with Gasteiger partial charge in [-0.25, -0.2) is 4.79 Å². The van der Waals surface area contributed by atoms with Gasteiger partial charge >= 0.3 is 12.0 Å². The van der Waals surface area contributed by atoms with Gasteiger partial charge in [-0.3, -0.25) is 4.79 Å². The molecule has 3 unspecified atom stereocenters. The molecular weight excluding hydrogens is 244 g/mol. The predicted molar refractivity (Wildman–Crippen MR) is 73.9 cm³/mol. The molecule has 0 heterocycles. The third kappa shape index (κ3) is 4.11. The maximum Gasteiger partial charge on any atom is 0.317 e. The highest BCUT2D eigenvalue weighted by Gasteiger charge is 2.33. The van der Waals surface area contributed by atoms with E-state index >= 15 is 0 Å². The number of amides is 2. The molecule has 19 heavy (non-hydrogen) atoms. The summed E-state index contributed by atoms with van der Waals surface area (Å²) in [7, 11) is 1.78. The second-order valence-electron chi connectivity index (χ2n) is 5.92. The normalized spacial score (nSPS) is 24.3. The van der Waals surface area contributed by atoms with Crippen LogP contribution in [-0.4, -0.2) is 41.6 Å². The van der Waals surface area contributed by atoms with Crippen molar-refractivity contribution < 1.29 is 14.7 Å². The number of nitrogens with one attached hydrogen (secondary N) is 1. The van der Waals surface area contributed by atoms with Crippen molar-refractivity contribution in [3.05, 3.63) is 0 Å². The zero-order valence-electron chi connectivity index (χ0n) is 12.3. The van der Waals surface area contributed by atoms with Crippen LogP contribution >= 0.6 is 0 Å². The first kappa shape index (κ1) is 15.8. The Morgan fingerprint density at radius 3 is 2.47 bits per heavy atom. The lowest BCUT2D eigenvalue weighted by Crippen LogP contribution is -2.46. The molecule has 0 aromatic rings. The fourth-order valence-electron chi connectivity index (χ4n) is 2.58. The van der Waals surface area contributed by atoms with E-state index in [1.54, 1.807) is 11.9 Å². The van der Waals surface area contributed by atoms with Crippen molar-refractivity contribution in [3.63, 3.8) is 0 Å². The van der Waals surface area contributed by atoms with E-state index in [0.29, 0.717) is 12.5 Å². The van der Waals surface area contributed by atoms with Gasteiger partial charge in [0, 0.05) is 19.6 Å². The standard InChI is InChI=1S/C14H26N2O3/c1-9(2)10(3)16(4)14(19)15-8-11-6-5-7-12(11)13(17)18/h9-12H,5-8H2,1-4H3,(H,15,19)(H,17,18). The lowest BCUT2D eigenvalue weighted by molar-refractivity contribution is -0.142. The van der Waals surface area contributed by atoms with E-state index in [2.05, 4.69) is 19.2 Å². The molecule has 1 fully saturated rings. The molecule has 2 amide bonds. The number of aliphatic carboxylic acids is 1. The van der Waals surface area contributed by atoms with E-state index in [0.717, 1.165) is 19.3 Å². The van der Waals surface area contributed by atoms with Crippen LogP contribution < -0.4 is 5.32 Å². The number of urea groups is 1. The minimum Gasteiger partial charge on any atom is -0.481 e. The number of hydrogen-bond acceptors (Lipinski definition) is 2. The van der Waals surface area contributed by atoms with Crippen LogP contribution in [0.15, 0.2) is 0 Å². The Morgan fingerprint density at radius 1 is 1.32 bits per heavy atom. The van der Waals surface area contributed by atoms with Gasteiger partial charge in [0.15, 0.2) is 0 Å². The van der Waals surface area contributed by atoms with Crippen LogP contribution in [0.3, 0.4) is 0 Å². The van der Waals surface area contributed by atoms with Crippen LogP contribution in [0.2, 0.25) is 0 Å². The highest BCUT2D eigenvalue weighted by molar-refractivity contribution is 5.74. The molecule has 0 aliphatic heterocycles. The van der Waals surface area contributed by atoms with E-state index in [-0.39, 0.29) is 23.9 Å². The molecule has 1 saturated carbocycles. The van der Waals surface area contributed by atoms with E-state index < -0.39 is 5.97 Å². The highest BCUT2D eigenvalue weighted by Crippen LogP contribution is 2.31. The number of rotatable bonds is 5. The molecule has 1 aliphatic carbocycles. The van der Waals surface area contributed by atoms with Gasteiger partial charge in [-0.15, -0.1) is 0 Å². The van der Waals surface area contributed by atoms with Crippen LogP contribution in [0, 0.1) is 17.8 Å². The molecule has 5 nitrogen and oxygen atoms in total. The van der Waals surface area contributed by atoms with Crippen molar-refractivity contribution in [2.75, 3.05) is 13.6 Å². The molecule has 1 aliphatic rings. The predicted octanol–water partition coefficient (Wildman–Crippen LogP) is 2.17. The van der Waals surface area contributed by atoms with Crippen molar-refractivity contribution in [2.24, 2.45) is 17.8 Å². The van der Waals surface area contributed by atoms with Gasteiger partial charge in [0.1, 0.15) is 0 Å². The topological polar surface area (TPSA) is 69.6 Å². The molecule has 0 aromatic carbocycles. The number of carboxylic acid groups (broad SMARTS) is 1. The van der Waals surface area contributed by atoms with Crippen LogP contribution in [0.5, 0.6) is 0 Å². The SMILES string of the molecule is CC(C)C(C)N(C)C(=O)NCC1CCCC1C(=O)O. The van der Waals surface area contributed by atoms with E-state index in [9.17, 15) is 9.59 Å². The first-order chi connectivity index (χ1) is 8.84. The van der Waals surface area contributed by atoms with Crippen molar-refractivity contribution in [3.8, 4) is 0 Å². The van der Waals surface area contributed by atoms with Gasteiger partial charge in [-0.2, -0.15) is 0 Å². The summed E-state index contributed by atoms with van der Waals surface area (Å²) >= 11 is 0. The third-order valence-corrected chi connectivity index (χ3v) is 4.39. The van der Waals surface area contributed by atoms with Crippen LogP contribution in [0.1, 0.15) is 40.0 Å². The Kier molecular flexibility index (Phi) is 5.63. The summed E-state index contributed by atoms with van der Waals surface area (Å²) < 4.78 is 0. The minimum atomic E-state index is -0.736. The van der Waals surface area contributed by atoms with Crippen LogP contribution in [0.4, 0.5) is 4.79 Å². The number of carboxylic acids is 1. The minimum absolute atomic E-state index is 0.0733. The van der Waals surface area contributed by atoms with Crippen molar-refractivity contribution >= 4 is 12.0 Å². The number of nitrogens with zero attached hydrogens (tertiary/aromatic N) is 1. The van der Waals surface area contributed by atoms with E-state index in [4.69, 9.17) is 5.11 Å². The average molecular weight is 270 g/mol. The number of carbonyl (C=O) groups is 2. The molecular formula is C14H26N2O3. The molecule has 3 atom stereocenters. The molecule has 0 bridgehead atoms. The quantitative estimate of drug-likeness (QED) is 0.804. The van der Waals surface area contributed by atoms with Crippen LogP contribution in [0.25, 0.3) is 0 Å². The maximum absolute atomic E-state index is 12.0. The summed E-state index contributed by atoms with van der Waals surface area (Å²) in [5, 5.41) is 12.0. The zero-order chi connectivity index (χ0) is 14.6. The first-order valence-electron chi connectivity index (χ1n) is 7.08. The smallest absolute Gasteiger partial charge is 0.317 e. The molecule has 0 radical (unpaired) electrons. The molecule has 0 spiro atoms. The Bertz CT molecular complexity index is 331. The van der Waals surface area contributed by atoms with Gasteiger partial charge in [0.05, 0.1) is 5.92 Å². The largest absolute Gasteiger partial charge is 0.481 e. The van der Waals surface area contributed by atoms with Gasteiger partial charge < -0.3 is 15.3 Å². The van der Waals surface area contributed by atoms with Gasteiger partial charge in [0.2, 0.25) is 0 Å². The summed E-state index contributed by atoms with van der Waals surface area (Å²) in [5.41, 5.74) is 0. The lowest BCUT2D eigenvalue weighted by atomic mass is 9.96. The van der Waals surface area contributed by atoms with Gasteiger partial charge in [-0.05, 0) is 31.6 Å². The Morgan fingerprint density at radius 2 is 1.95 bits per heavy atom. The second-order valence-corrected chi connectivity index (χ2v) is 5.92. The fourth-order valence-corrected chi connectivity index (χ4v) is 2.58. The van der Waals surface area contributed by atoms with Crippen molar-refractivity contribution in [2.45, 2.75) is 46.1 Å². The Labute approximate surface area is 115 Å². The van der Waals surface area contributed by atoms with Gasteiger partial charge in [-0.1, -0.05) is 20.3 Å². The first-order valence-corrected chi connectivity index (χ1v) is 7.08. The number of hydrogen-bond donors (Lipinski definition) is 2. The second kappa shape index (κ2) is 6.78. The molecule has 0 aromatic heterocycles. The monoisotopic (exact) mass is 270 g/mol. The molecule has 110 valence electrons. The summed E-state index contributed by atoms with van der Waals surface area (Å²) in [4.78, 5) is 24.7. The van der Waals surface area contributed by atoms with Gasteiger partial charge in [0.25, 0.3) is 0 Å². The molecule has 2 N–H and O–H groups in total. The fraction of sp³-hybridized carbons (Fsp3) is 0.857. The van der Waals surface area contributed by atoms with Crippen molar-refractivity contribution in [1.29, 1.82) is 0 Å². The van der Waals surface area contributed by atoms with E-state index in [1.165, 1.54) is 0 Å². The number of carbonyl (C=O) groups excluding carboxylic acids is 1. The van der Waals surface area contributed by atoms with Crippen LogP contribution in [-0.2, 0) is 4.79 Å². The summed E-state index contributed by atoms with van der Waals surface area (Å²) in [6, 6.07) is 0.0519. The Balaban J connectivity index is 2.44. The summed E-state index contributed by atoms with van der Waals surface area (Å²) in [5.74, 6) is -0.563. The molecule has 0 saturated heterocycles. The lowest BCUT2D eigenvalue weighted by Gasteiger charge is -2.29. The molecule has 5 heteroatoms. The highest BCUT2D eigenvalue weighted by atomic mass is 16.4. The molecule has 1 rings (SSSR count). The summed E-state index contributed by atoms with van der Waals surface area (Å²) in [6.07, 6.45) is 2.56. The zero-order valence-corrected chi connectivity index (χ0v) is 12.3. The summed E-state index contributed by atoms with van der Waals surface area (Å²) in [6.45, 7) is 6.63. The third-order valence-electron chi connectivity index (χ3n) is 4.39. The maximum atomic E-state index is 12.0. The Hall–Kier alpha value is -1.26. The van der Waals surface area contributed by atoms with Crippen molar-refractivity contribution in [1.82, 2.24) is 10.2 Å².